The molecular formula is C25H30N4O5. The molecule has 2 aliphatic heterocycles. The van der Waals surface area contributed by atoms with E-state index in [1.54, 1.807) is 14.2 Å². The van der Waals surface area contributed by atoms with Crippen LogP contribution in [0.3, 0.4) is 0 Å². The molecule has 1 fully saturated rings. The van der Waals surface area contributed by atoms with Crippen molar-refractivity contribution in [3.63, 3.8) is 0 Å². The number of methoxy groups -OCH3 is 3. The van der Waals surface area contributed by atoms with Crippen molar-refractivity contribution in [2.45, 2.75) is 6.04 Å². The molecule has 1 saturated heterocycles. The van der Waals surface area contributed by atoms with Crippen LogP contribution < -0.4 is 25.0 Å². The lowest BCUT2D eigenvalue weighted by Crippen LogP contribution is -2.51. The van der Waals surface area contributed by atoms with Crippen molar-refractivity contribution in [2.24, 2.45) is 0 Å². The van der Waals surface area contributed by atoms with Crippen LogP contribution in [0.25, 0.3) is 0 Å². The molecule has 0 aromatic heterocycles. The van der Waals surface area contributed by atoms with E-state index < -0.39 is 12.0 Å². The molecular weight excluding hydrogens is 436 g/mol. The van der Waals surface area contributed by atoms with Crippen LogP contribution in [-0.2, 0) is 9.53 Å². The Labute approximate surface area is 199 Å². The predicted octanol–water partition coefficient (Wildman–Crippen LogP) is 2.31. The minimum absolute atomic E-state index is 0.356. The van der Waals surface area contributed by atoms with Gasteiger partial charge in [-0.2, -0.15) is 0 Å². The van der Waals surface area contributed by atoms with Gasteiger partial charge in [-0.15, -0.1) is 0 Å². The first-order chi connectivity index (χ1) is 16.5. The molecule has 0 bridgehead atoms. The molecule has 0 aliphatic carbocycles. The summed E-state index contributed by atoms with van der Waals surface area (Å²) in [5.74, 6) is 0.990. The molecule has 4 rings (SSSR count). The third-order valence-electron chi connectivity index (χ3n) is 6.16. The number of anilines is 1. The van der Waals surface area contributed by atoms with Gasteiger partial charge in [-0.1, -0.05) is 18.2 Å². The van der Waals surface area contributed by atoms with E-state index in [2.05, 4.69) is 26.5 Å². The number of carbonyl (C=O) groups excluding carboxylic acids is 2. The van der Waals surface area contributed by atoms with Crippen molar-refractivity contribution in [1.82, 2.24) is 15.5 Å². The normalized spacial score (nSPS) is 18.7. The maximum absolute atomic E-state index is 12.8. The summed E-state index contributed by atoms with van der Waals surface area (Å²) in [7, 11) is 4.59. The fourth-order valence-electron chi connectivity index (χ4n) is 4.36. The number of hydrogen-bond acceptors (Lipinski definition) is 7. The van der Waals surface area contributed by atoms with Gasteiger partial charge >= 0.3 is 12.0 Å². The number of carbonyl (C=O) groups is 2. The second-order valence-electron chi connectivity index (χ2n) is 8.16. The number of hydrogen-bond donors (Lipinski definition) is 2. The van der Waals surface area contributed by atoms with Crippen LogP contribution in [0.1, 0.15) is 11.6 Å². The minimum atomic E-state index is -0.635. The molecule has 34 heavy (non-hydrogen) atoms. The maximum Gasteiger partial charge on any atom is 0.338 e. The first-order valence-electron chi connectivity index (χ1n) is 11.2. The van der Waals surface area contributed by atoms with E-state index in [4.69, 9.17) is 14.2 Å². The van der Waals surface area contributed by atoms with E-state index in [9.17, 15) is 9.59 Å². The van der Waals surface area contributed by atoms with Crippen LogP contribution in [0.5, 0.6) is 11.5 Å². The number of esters is 1. The molecule has 0 unspecified atom stereocenters. The summed E-state index contributed by atoms with van der Waals surface area (Å²) in [4.78, 5) is 29.9. The lowest BCUT2D eigenvalue weighted by molar-refractivity contribution is -0.136. The third-order valence-corrected chi connectivity index (χ3v) is 6.16. The molecule has 0 saturated carbocycles. The molecule has 1 atom stereocenters. The van der Waals surface area contributed by atoms with Crippen LogP contribution in [0.2, 0.25) is 0 Å². The second-order valence-corrected chi connectivity index (χ2v) is 8.16. The average Bonchev–Trinajstić information content (AvgIpc) is 2.88. The molecule has 180 valence electrons. The van der Waals surface area contributed by atoms with Crippen molar-refractivity contribution in [1.29, 1.82) is 0 Å². The molecule has 0 radical (unpaired) electrons. The van der Waals surface area contributed by atoms with Gasteiger partial charge < -0.3 is 29.7 Å². The van der Waals surface area contributed by atoms with Crippen LogP contribution in [-0.4, -0.2) is 71.0 Å². The van der Waals surface area contributed by atoms with Crippen LogP contribution >= 0.6 is 0 Å². The highest BCUT2D eigenvalue weighted by atomic mass is 16.5. The van der Waals surface area contributed by atoms with Crippen molar-refractivity contribution in [3.8, 4) is 11.5 Å². The van der Waals surface area contributed by atoms with E-state index in [0.717, 1.165) is 43.2 Å². The fourth-order valence-corrected chi connectivity index (χ4v) is 4.36. The summed E-state index contributed by atoms with van der Waals surface area (Å²) >= 11 is 0. The Morgan fingerprint density at radius 1 is 0.971 bits per heavy atom. The predicted molar refractivity (Wildman–Crippen MR) is 128 cm³/mol. The summed E-state index contributed by atoms with van der Waals surface area (Å²) in [6.07, 6.45) is 0. The van der Waals surface area contributed by atoms with Crippen LogP contribution in [0.4, 0.5) is 10.5 Å². The zero-order valence-corrected chi connectivity index (χ0v) is 19.7. The monoisotopic (exact) mass is 466 g/mol. The highest BCUT2D eigenvalue weighted by Gasteiger charge is 2.34. The molecule has 9 heteroatoms. The molecule has 0 spiro atoms. The summed E-state index contributed by atoms with van der Waals surface area (Å²) in [6, 6.07) is 14.3. The first kappa shape index (κ1) is 23.4. The molecule has 2 amide bonds. The van der Waals surface area contributed by atoms with Gasteiger partial charge in [0.05, 0.1) is 32.9 Å². The van der Waals surface area contributed by atoms with E-state index in [1.807, 2.05) is 42.5 Å². The number of nitrogens with one attached hydrogen (secondary N) is 2. The van der Waals surface area contributed by atoms with Gasteiger partial charge in [0.1, 0.15) is 11.5 Å². The van der Waals surface area contributed by atoms with Crippen molar-refractivity contribution in [2.75, 3.05) is 59.0 Å². The van der Waals surface area contributed by atoms with Gasteiger partial charge in [-0.25, -0.2) is 9.59 Å². The Morgan fingerprint density at radius 3 is 2.32 bits per heavy atom. The number of urea groups is 1. The largest absolute Gasteiger partial charge is 0.497 e. The SMILES string of the molecule is COC(=O)C1=C(CN2CCN(c3cccc(OC)c3)CC2)NC(=O)N[C@@H]1c1cccc(OC)c1. The van der Waals surface area contributed by atoms with Gasteiger partial charge in [0.2, 0.25) is 0 Å². The molecule has 9 nitrogen and oxygen atoms in total. The maximum atomic E-state index is 12.8. The Morgan fingerprint density at radius 2 is 1.65 bits per heavy atom. The summed E-state index contributed by atoms with van der Waals surface area (Å²) in [5.41, 5.74) is 2.81. The standard InChI is InChI=1S/C25H30N4O5/c1-32-19-8-4-6-17(14-19)23-22(24(30)34-3)21(26-25(31)27-23)16-28-10-12-29(13-11-28)18-7-5-9-20(15-18)33-2/h4-9,14-15,23H,10-13,16H2,1-3H3,(H2,26,27,31)/t23-/m1/s1. The van der Waals surface area contributed by atoms with E-state index in [-0.39, 0.29) is 6.03 Å². The Bertz CT molecular complexity index is 1080. The Balaban J connectivity index is 1.54. The average molecular weight is 467 g/mol. The fraction of sp³-hybridized carbons (Fsp3) is 0.360. The van der Waals surface area contributed by atoms with Crippen LogP contribution in [0.15, 0.2) is 59.8 Å². The Kier molecular flexibility index (Phi) is 7.22. The van der Waals surface area contributed by atoms with E-state index >= 15 is 0 Å². The minimum Gasteiger partial charge on any atom is -0.497 e. The Hall–Kier alpha value is -3.72. The summed E-state index contributed by atoms with van der Waals surface area (Å²) in [6.45, 7) is 3.63. The van der Waals surface area contributed by atoms with Gasteiger partial charge in [0.25, 0.3) is 0 Å². The lowest BCUT2D eigenvalue weighted by Gasteiger charge is -2.38. The molecule has 2 aromatic carbocycles. The number of piperazine rings is 1. The van der Waals surface area contributed by atoms with Gasteiger partial charge in [-0.3, -0.25) is 4.90 Å². The highest BCUT2D eigenvalue weighted by Crippen LogP contribution is 2.30. The second kappa shape index (κ2) is 10.5. The van der Waals surface area contributed by atoms with Gasteiger partial charge in [-0.05, 0) is 29.8 Å². The summed E-state index contributed by atoms with van der Waals surface area (Å²) in [5, 5.41) is 5.69. The first-order valence-corrected chi connectivity index (χ1v) is 11.2. The van der Waals surface area contributed by atoms with Crippen molar-refractivity contribution < 1.29 is 23.8 Å². The van der Waals surface area contributed by atoms with Crippen LogP contribution in [0, 0.1) is 0 Å². The van der Waals surface area contributed by atoms with E-state index in [0.29, 0.717) is 23.6 Å². The number of benzene rings is 2. The quantitative estimate of drug-likeness (QED) is 0.605. The van der Waals surface area contributed by atoms with Gasteiger partial charge in [0, 0.05) is 50.2 Å². The number of nitrogens with zero attached hydrogens (tertiary/aromatic N) is 2. The topological polar surface area (TPSA) is 92.4 Å². The summed E-state index contributed by atoms with van der Waals surface area (Å²) < 4.78 is 15.8. The van der Waals surface area contributed by atoms with E-state index in [1.165, 1.54) is 7.11 Å². The number of rotatable bonds is 7. The van der Waals surface area contributed by atoms with Gasteiger partial charge in [0.15, 0.2) is 0 Å². The third kappa shape index (κ3) is 5.09. The lowest BCUT2D eigenvalue weighted by atomic mass is 9.94. The highest BCUT2D eigenvalue weighted by molar-refractivity contribution is 5.95. The number of amides is 2. The molecule has 2 aromatic rings. The van der Waals surface area contributed by atoms with Crippen molar-refractivity contribution >= 4 is 17.7 Å². The molecule has 2 aliphatic rings. The number of ether oxygens (including phenoxy) is 3. The molecule has 2 N–H and O–H groups in total. The van der Waals surface area contributed by atoms with Crippen molar-refractivity contribution in [3.05, 3.63) is 65.4 Å². The zero-order valence-electron chi connectivity index (χ0n) is 19.7. The zero-order chi connectivity index (χ0) is 24.1. The smallest absolute Gasteiger partial charge is 0.338 e. The molecule has 2 heterocycles.